The van der Waals surface area contributed by atoms with Crippen molar-refractivity contribution in [3.63, 3.8) is 0 Å². The molecule has 0 N–H and O–H groups in total. The van der Waals surface area contributed by atoms with Crippen LogP contribution in [0, 0.1) is 11.3 Å². The van der Waals surface area contributed by atoms with Gasteiger partial charge in [0.15, 0.2) is 6.29 Å². The maximum Gasteiger partial charge on any atom is 0.410 e. The minimum absolute atomic E-state index is 0.104. The summed E-state index contributed by atoms with van der Waals surface area (Å²) in [4.78, 5) is 14.0. The molecule has 0 unspecified atom stereocenters. The Labute approximate surface area is 144 Å². The van der Waals surface area contributed by atoms with Crippen molar-refractivity contribution in [3.8, 4) is 0 Å². The topological polar surface area (TPSA) is 48.0 Å². The van der Waals surface area contributed by atoms with Crippen LogP contribution in [0.15, 0.2) is 37.0 Å². The highest BCUT2D eigenvalue weighted by Crippen LogP contribution is 2.54. The smallest absolute Gasteiger partial charge is 0.410 e. The standard InChI is InChI=1S/C19H29NO4/c1-5-7-15(6-2)14-24-18(21)20-10-8-19(9-11-20)12-16(13-19)17(22-3)23-4/h5-7,16-17H,1-2,8-14H2,3-4H3/b15-7+. The van der Waals surface area contributed by atoms with Gasteiger partial charge in [-0.3, -0.25) is 0 Å². The third-order valence-electron chi connectivity index (χ3n) is 5.28. The molecule has 0 radical (unpaired) electrons. The van der Waals surface area contributed by atoms with Crippen LogP contribution in [-0.4, -0.2) is 51.2 Å². The molecule has 1 amide bonds. The van der Waals surface area contributed by atoms with Crippen molar-refractivity contribution in [2.75, 3.05) is 33.9 Å². The fraction of sp³-hybridized carbons (Fsp3) is 0.632. The number of allylic oxidation sites excluding steroid dienone is 2. The van der Waals surface area contributed by atoms with Gasteiger partial charge in [-0.05, 0) is 36.7 Å². The number of methoxy groups -OCH3 is 2. The lowest BCUT2D eigenvalue weighted by atomic mass is 9.57. The minimum atomic E-state index is -0.246. The zero-order valence-corrected chi connectivity index (χ0v) is 14.8. The molecule has 1 saturated heterocycles. The Bertz CT molecular complexity index is 480. The van der Waals surface area contributed by atoms with Crippen molar-refractivity contribution in [1.82, 2.24) is 4.90 Å². The first-order chi connectivity index (χ1) is 11.6. The van der Waals surface area contributed by atoms with Gasteiger partial charge >= 0.3 is 6.09 Å². The molecule has 0 aromatic heterocycles. The molecule has 134 valence electrons. The van der Waals surface area contributed by atoms with Crippen LogP contribution in [0.25, 0.3) is 0 Å². The second-order valence-corrected chi connectivity index (χ2v) is 6.73. The summed E-state index contributed by atoms with van der Waals surface area (Å²) in [6.07, 6.45) is 9.06. The number of carbonyl (C=O) groups excluding carboxylic acids is 1. The molecule has 2 aliphatic rings. The molecular weight excluding hydrogens is 306 g/mol. The zero-order valence-electron chi connectivity index (χ0n) is 14.8. The summed E-state index contributed by atoms with van der Waals surface area (Å²) >= 11 is 0. The van der Waals surface area contributed by atoms with E-state index in [9.17, 15) is 4.79 Å². The Balaban J connectivity index is 1.75. The first-order valence-corrected chi connectivity index (χ1v) is 8.49. The third-order valence-corrected chi connectivity index (χ3v) is 5.28. The number of likely N-dealkylation sites (tertiary alicyclic amines) is 1. The summed E-state index contributed by atoms with van der Waals surface area (Å²) in [5, 5.41) is 0. The highest BCUT2D eigenvalue weighted by molar-refractivity contribution is 5.68. The first-order valence-electron chi connectivity index (χ1n) is 8.49. The van der Waals surface area contributed by atoms with E-state index in [0.29, 0.717) is 11.3 Å². The van der Waals surface area contributed by atoms with Crippen molar-refractivity contribution in [1.29, 1.82) is 0 Å². The molecule has 1 aliphatic heterocycles. The highest BCUT2D eigenvalue weighted by atomic mass is 16.7. The zero-order chi connectivity index (χ0) is 17.6. The van der Waals surface area contributed by atoms with E-state index < -0.39 is 0 Å². The van der Waals surface area contributed by atoms with Crippen LogP contribution >= 0.6 is 0 Å². The van der Waals surface area contributed by atoms with Crippen LogP contribution in [0.5, 0.6) is 0 Å². The number of ether oxygens (including phenoxy) is 3. The lowest BCUT2D eigenvalue weighted by Crippen LogP contribution is -2.51. The van der Waals surface area contributed by atoms with Gasteiger partial charge in [-0.1, -0.05) is 31.4 Å². The Hall–Kier alpha value is -1.59. The van der Waals surface area contributed by atoms with E-state index in [2.05, 4.69) is 13.2 Å². The quantitative estimate of drug-likeness (QED) is 0.527. The second-order valence-electron chi connectivity index (χ2n) is 6.73. The summed E-state index contributed by atoms with van der Waals surface area (Å²) in [6, 6.07) is 0. The predicted octanol–water partition coefficient (Wildman–Crippen LogP) is 3.53. The Kier molecular flexibility index (Phi) is 6.63. The van der Waals surface area contributed by atoms with Gasteiger partial charge in [0.25, 0.3) is 0 Å². The predicted molar refractivity (Wildman–Crippen MR) is 93.6 cm³/mol. The number of carbonyl (C=O) groups is 1. The third kappa shape index (κ3) is 4.28. The molecule has 2 fully saturated rings. The van der Waals surface area contributed by atoms with Crippen molar-refractivity contribution >= 4 is 6.09 Å². The summed E-state index contributed by atoms with van der Waals surface area (Å²) in [6.45, 7) is 9.08. The lowest BCUT2D eigenvalue weighted by molar-refractivity contribution is -0.187. The van der Waals surface area contributed by atoms with Gasteiger partial charge < -0.3 is 19.1 Å². The molecule has 5 nitrogen and oxygen atoms in total. The van der Waals surface area contributed by atoms with Crippen LogP contribution in [0.4, 0.5) is 4.79 Å². The van der Waals surface area contributed by atoms with Gasteiger partial charge in [-0.15, -0.1) is 0 Å². The Morgan fingerprint density at radius 2 is 1.88 bits per heavy atom. The SMILES string of the molecule is C=C/C=C(\C=C)COC(=O)N1CCC2(CC1)CC(C(OC)OC)C2. The largest absolute Gasteiger partial charge is 0.445 e. The number of nitrogens with zero attached hydrogens (tertiary/aromatic N) is 1. The Morgan fingerprint density at radius 3 is 2.38 bits per heavy atom. The summed E-state index contributed by atoms with van der Waals surface area (Å²) in [5.74, 6) is 0.470. The van der Waals surface area contributed by atoms with E-state index >= 15 is 0 Å². The van der Waals surface area contributed by atoms with Crippen LogP contribution in [-0.2, 0) is 14.2 Å². The van der Waals surface area contributed by atoms with E-state index in [1.54, 1.807) is 37.3 Å². The monoisotopic (exact) mass is 335 g/mol. The lowest BCUT2D eigenvalue weighted by Gasteiger charge is -2.53. The molecule has 5 heteroatoms. The average Bonchev–Trinajstić information content (AvgIpc) is 2.58. The van der Waals surface area contributed by atoms with Gasteiger partial charge in [0.05, 0.1) is 0 Å². The number of amides is 1. The molecular formula is C19H29NO4. The molecule has 0 aromatic rings. The summed E-state index contributed by atoms with van der Waals surface area (Å²) < 4.78 is 16.1. The van der Waals surface area contributed by atoms with Crippen LogP contribution in [0.2, 0.25) is 0 Å². The highest BCUT2D eigenvalue weighted by Gasteiger charge is 2.49. The van der Waals surface area contributed by atoms with Crippen LogP contribution in [0.1, 0.15) is 25.7 Å². The van der Waals surface area contributed by atoms with E-state index in [1.165, 1.54) is 0 Å². The number of hydrogen-bond donors (Lipinski definition) is 0. The van der Waals surface area contributed by atoms with Crippen LogP contribution < -0.4 is 0 Å². The van der Waals surface area contributed by atoms with E-state index in [1.807, 2.05) is 0 Å². The molecule has 1 heterocycles. The van der Waals surface area contributed by atoms with Crippen LogP contribution in [0.3, 0.4) is 0 Å². The number of hydrogen-bond acceptors (Lipinski definition) is 4. The first kappa shape index (κ1) is 18.7. The van der Waals surface area contributed by atoms with Gasteiger partial charge in [-0.25, -0.2) is 4.79 Å². The molecule has 0 bridgehead atoms. The minimum Gasteiger partial charge on any atom is -0.445 e. The maximum absolute atomic E-state index is 12.2. The van der Waals surface area contributed by atoms with Gasteiger partial charge in [0.1, 0.15) is 6.61 Å². The van der Waals surface area contributed by atoms with E-state index in [-0.39, 0.29) is 19.0 Å². The molecule has 1 saturated carbocycles. The normalized spacial score (nSPS) is 20.8. The van der Waals surface area contributed by atoms with Gasteiger partial charge in [-0.2, -0.15) is 0 Å². The molecule has 1 aliphatic carbocycles. The average molecular weight is 335 g/mol. The number of piperidine rings is 1. The van der Waals surface area contributed by atoms with Crippen molar-refractivity contribution in [2.24, 2.45) is 11.3 Å². The molecule has 24 heavy (non-hydrogen) atoms. The van der Waals surface area contributed by atoms with Gasteiger partial charge in [0, 0.05) is 33.2 Å². The van der Waals surface area contributed by atoms with Crippen molar-refractivity contribution in [2.45, 2.75) is 32.0 Å². The summed E-state index contributed by atoms with van der Waals surface area (Å²) in [5.41, 5.74) is 1.20. The van der Waals surface area contributed by atoms with E-state index in [4.69, 9.17) is 14.2 Å². The Morgan fingerprint density at radius 1 is 1.25 bits per heavy atom. The van der Waals surface area contributed by atoms with E-state index in [0.717, 1.165) is 44.3 Å². The fourth-order valence-electron chi connectivity index (χ4n) is 3.86. The maximum atomic E-state index is 12.2. The fourth-order valence-corrected chi connectivity index (χ4v) is 3.86. The molecule has 2 rings (SSSR count). The number of rotatable bonds is 7. The van der Waals surface area contributed by atoms with Crippen molar-refractivity contribution < 1.29 is 19.0 Å². The molecule has 0 aromatic carbocycles. The molecule has 1 spiro atoms. The van der Waals surface area contributed by atoms with Gasteiger partial charge in [0.2, 0.25) is 0 Å². The van der Waals surface area contributed by atoms with Crippen molar-refractivity contribution in [3.05, 3.63) is 37.0 Å². The second kappa shape index (κ2) is 8.49. The molecule has 0 atom stereocenters. The summed E-state index contributed by atoms with van der Waals surface area (Å²) in [7, 11) is 3.38.